The van der Waals surface area contributed by atoms with E-state index in [1.807, 2.05) is 21.1 Å². The number of allylic oxidation sites excluding steroid dienone is 6. The Labute approximate surface area is 510 Å². The second-order valence-electron chi connectivity index (χ2n) is 25.6. The number of carbonyl (C=O) groups excluding carboxylic acids is 2. The standard InChI is InChI=1S/C72H138NO8P/c1-6-8-10-12-14-16-18-20-22-24-25-26-27-28-29-30-31-32-33-34-35-36-37-38-39-40-41-42-43-44-45-46-47-49-50-52-54-56-58-60-62-64-71(74)78-68-70(69-80-82(76,77)79-67-66-73(3,4)5)81-72(75)65-63-61-59-57-55-53-51-48-23-21-19-17-15-13-11-9-7-2/h15,17,21,23-25,70H,6-14,16,18-20,22,26-69H2,1-5H3/p+1/b17-15-,23-21-,25-24-. The molecule has 0 aromatic heterocycles. The molecule has 0 bridgehead atoms. The molecule has 0 aliphatic heterocycles. The van der Waals surface area contributed by atoms with Gasteiger partial charge >= 0.3 is 19.8 Å². The summed E-state index contributed by atoms with van der Waals surface area (Å²) >= 11 is 0. The minimum absolute atomic E-state index is 0.0319. The van der Waals surface area contributed by atoms with Crippen molar-refractivity contribution < 1.29 is 42.1 Å². The van der Waals surface area contributed by atoms with E-state index in [0.29, 0.717) is 23.9 Å². The van der Waals surface area contributed by atoms with E-state index < -0.39 is 26.5 Å². The van der Waals surface area contributed by atoms with E-state index in [2.05, 4.69) is 50.3 Å². The molecule has 9 nitrogen and oxygen atoms in total. The number of rotatable bonds is 67. The first-order valence-corrected chi connectivity index (χ1v) is 37.2. The summed E-state index contributed by atoms with van der Waals surface area (Å²) in [6.45, 7) is 4.45. The van der Waals surface area contributed by atoms with Crippen molar-refractivity contribution in [3.63, 3.8) is 0 Å². The molecule has 0 spiro atoms. The van der Waals surface area contributed by atoms with Crippen LogP contribution in [0.5, 0.6) is 0 Å². The van der Waals surface area contributed by atoms with Gasteiger partial charge in [0.25, 0.3) is 0 Å². The Kier molecular flexibility index (Phi) is 62.3. The maximum Gasteiger partial charge on any atom is 0.472 e. The lowest BCUT2D eigenvalue weighted by molar-refractivity contribution is -0.870. The molecule has 10 heteroatoms. The van der Waals surface area contributed by atoms with E-state index in [1.165, 1.54) is 276 Å². The molecule has 0 aliphatic carbocycles. The maximum atomic E-state index is 12.8. The third-order valence-corrected chi connectivity index (χ3v) is 17.1. The third kappa shape index (κ3) is 67.4. The predicted molar refractivity (Wildman–Crippen MR) is 354 cm³/mol. The van der Waals surface area contributed by atoms with Crippen molar-refractivity contribution in [1.29, 1.82) is 0 Å². The van der Waals surface area contributed by atoms with Gasteiger partial charge < -0.3 is 18.9 Å². The van der Waals surface area contributed by atoms with Crippen LogP contribution in [0.1, 0.15) is 361 Å². The van der Waals surface area contributed by atoms with Crippen molar-refractivity contribution in [2.75, 3.05) is 47.5 Å². The zero-order valence-corrected chi connectivity index (χ0v) is 56.1. The minimum Gasteiger partial charge on any atom is -0.462 e. The average Bonchev–Trinajstić information content (AvgIpc) is 3.46. The second-order valence-corrected chi connectivity index (χ2v) is 27.1. The molecular formula is C72H139NO8P+. The fourth-order valence-electron chi connectivity index (χ4n) is 10.6. The summed E-state index contributed by atoms with van der Waals surface area (Å²) in [6, 6.07) is 0. The van der Waals surface area contributed by atoms with Crippen LogP contribution in [0.3, 0.4) is 0 Å². The van der Waals surface area contributed by atoms with Crippen LogP contribution in [0.4, 0.5) is 0 Å². The number of hydrogen-bond acceptors (Lipinski definition) is 7. The van der Waals surface area contributed by atoms with Crippen LogP contribution < -0.4 is 0 Å². The number of nitrogens with zero attached hydrogens (tertiary/aromatic N) is 1. The highest BCUT2D eigenvalue weighted by Crippen LogP contribution is 2.43. The van der Waals surface area contributed by atoms with E-state index >= 15 is 0 Å². The number of hydrogen-bond donors (Lipinski definition) is 1. The van der Waals surface area contributed by atoms with Crippen molar-refractivity contribution in [2.24, 2.45) is 0 Å². The van der Waals surface area contributed by atoms with Gasteiger partial charge in [-0.2, -0.15) is 0 Å². The number of esters is 2. The lowest BCUT2D eigenvalue weighted by Gasteiger charge is -2.24. The van der Waals surface area contributed by atoms with Gasteiger partial charge in [-0.25, -0.2) is 4.57 Å². The molecule has 0 heterocycles. The van der Waals surface area contributed by atoms with Crippen LogP contribution in [0.2, 0.25) is 0 Å². The number of phosphoric ester groups is 1. The first-order chi connectivity index (χ1) is 40.0. The number of ether oxygens (including phenoxy) is 2. The topological polar surface area (TPSA) is 108 Å². The summed E-state index contributed by atoms with van der Waals surface area (Å²) in [6.07, 6.45) is 81.4. The number of unbranched alkanes of at least 4 members (excludes halogenated alkanes) is 47. The van der Waals surface area contributed by atoms with Gasteiger partial charge in [-0.3, -0.25) is 18.6 Å². The van der Waals surface area contributed by atoms with E-state index in [4.69, 9.17) is 18.5 Å². The average molecular weight is 1180 g/mol. The Bertz CT molecular complexity index is 1480. The van der Waals surface area contributed by atoms with Gasteiger partial charge in [-0.15, -0.1) is 0 Å². The highest BCUT2D eigenvalue weighted by atomic mass is 31.2. The summed E-state index contributed by atoms with van der Waals surface area (Å²) in [5.74, 6) is -0.790. The van der Waals surface area contributed by atoms with E-state index in [1.54, 1.807) is 0 Å². The molecule has 0 fully saturated rings. The summed E-state index contributed by atoms with van der Waals surface area (Å²) < 4.78 is 34.6. The normalized spacial score (nSPS) is 13.3. The zero-order chi connectivity index (χ0) is 59.8. The van der Waals surface area contributed by atoms with Gasteiger partial charge in [-0.05, 0) is 70.6 Å². The SMILES string of the molecule is CCCCC/C=C\C/C=C\CCCCCCCCCC(=O)OC(COC(=O)CCCCCCCCCCCCCCCCCCCCCCCCCCCCCCC/C=C\CCCCCCCCCC)COP(=O)(O)OCC[N+](C)(C)C. The van der Waals surface area contributed by atoms with Gasteiger partial charge in [0.15, 0.2) is 6.10 Å². The molecule has 0 radical (unpaired) electrons. The molecule has 82 heavy (non-hydrogen) atoms. The quantitative estimate of drug-likeness (QED) is 0.0211. The Hall–Kier alpha value is -1.77. The summed E-state index contributed by atoms with van der Waals surface area (Å²) in [5, 5.41) is 0. The number of phosphoric acid groups is 1. The van der Waals surface area contributed by atoms with Crippen molar-refractivity contribution in [3.05, 3.63) is 36.5 Å². The monoisotopic (exact) mass is 1180 g/mol. The molecule has 0 saturated heterocycles. The molecule has 2 unspecified atom stereocenters. The summed E-state index contributed by atoms with van der Waals surface area (Å²) in [5.41, 5.74) is 0. The van der Waals surface area contributed by atoms with Gasteiger partial charge in [-0.1, -0.05) is 314 Å². The lowest BCUT2D eigenvalue weighted by Crippen LogP contribution is -2.37. The molecule has 0 rings (SSSR count). The fourth-order valence-corrected chi connectivity index (χ4v) is 11.4. The first-order valence-electron chi connectivity index (χ1n) is 35.7. The number of carbonyl (C=O) groups is 2. The van der Waals surface area contributed by atoms with Gasteiger partial charge in [0, 0.05) is 12.8 Å². The first kappa shape index (κ1) is 80.2. The molecular weight excluding hydrogens is 1040 g/mol. The van der Waals surface area contributed by atoms with Crippen LogP contribution in [0, 0.1) is 0 Å². The third-order valence-electron chi connectivity index (χ3n) is 16.1. The molecule has 484 valence electrons. The van der Waals surface area contributed by atoms with Gasteiger partial charge in [0.05, 0.1) is 27.7 Å². The van der Waals surface area contributed by atoms with Crippen molar-refractivity contribution in [2.45, 2.75) is 367 Å². The Balaban J connectivity index is 3.83. The van der Waals surface area contributed by atoms with Gasteiger partial charge in [0.2, 0.25) is 0 Å². The van der Waals surface area contributed by atoms with Crippen molar-refractivity contribution in [3.8, 4) is 0 Å². The molecule has 0 aliphatic rings. The summed E-state index contributed by atoms with van der Waals surface area (Å²) in [7, 11) is 1.49. The van der Waals surface area contributed by atoms with E-state index in [9.17, 15) is 19.0 Å². The Morgan fingerprint density at radius 3 is 1.00 bits per heavy atom. The molecule has 0 amide bonds. The summed E-state index contributed by atoms with van der Waals surface area (Å²) in [4.78, 5) is 35.8. The second kappa shape index (κ2) is 63.7. The maximum absolute atomic E-state index is 12.8. The van der Waals surface area contributed by atoms with Crippen LogP contribution in [0.15, 0.2) is 36.5 Å². The number of quaternary nitrogens is 1. The van der Waals surface area contributed by atoms with Crippen LogP contribution in [-0.2, 0) is 32.7 Å². The fraction of sp³-hybridized carbons (Fsp3) is 0.889. The van der Waals surface area contributed by atoms with Gasteiger partial charge in [0.1, 0.15) is 19.8 Å². The van der Waals surface area contributed by atoms with Crippen molar-refractivity contribution >= 4 is 19.8 Å². The molecule has 1 N–H and O–H groups in total. The highest BCUT2D eigenvalue weighted by molar-refractivity contribution is 7.47. The van der Waals surface area contributed by atoms with E-state index in [-0.39, 0.29) is 25.6 Å². The molecule has 0 aromatic carbocycles. The van der Waals surface area contributed by atoms with Crippen LogP contribution >= 0.6 is 7.82 Å². The molecule has 0 aromatic rings. The smallest absolute Gasteiger partial charge is 0.462 e. The minimum atomic E-state index is -4.39. The predicted octanol–water partition coefficient (Wildman–Crippen LogP) is 23.1. The zero-order valence-electron chi connectivity index (χ0n) is 55.3. The van der Waals surface area contributed by atoms with Crippen LogP contribution in [0.25, 0.3) is 0 Å². The van der Waals surface area contributed by atoms with Crippen LogP contribution in [-0.4, -0.2) is 74.9 Å². The van der Waals surface area contributed by atoms with E-state index in [0.717, 1.165) is 51.4 Å². The van der Waals surface area contributed by atoms with Crippen molar-refractivity contribution in [1.82, 2.24) is 0 Å². The number of likely N-dealkylation sites (N-methyl/N-ethyl adjacent to an activating group) is 1. The lowest BCUT2D eigenvalue weighted by atomic mass is 10.0. The Morgan fingerprint density at radius 2 is 0.659 bits per heavy atom. The highest BCUT2D eigenvalue weighted by Gasteiger charge is 2.27. The Morgan fingerprint density at radius 1 is 0.378 bits per heavy atom. The molecule has 0 saturated carbocycles. The molecule has 2 atom stereocenters. The largest absolute Gasteiger partial charge is 0.472 e.